The molecule has 0 heterocycles. The van der Waals surface area contributed by atoms with Gasteiger partial charge in [0, 0.05) is 6.42 Å². The molecule has 3 N–H and O–H groups in total. The zero-order chi connectivity index (χ0) is 34.3. The normalized spacial score (nSPS) is 13.2. The van der Waals surface area contributed by atoms with Gasteiger partial charge in [-0.1, -0.05) is 205 Å². The third-order valence-corrected chi connectivity index (χ3v) is 9.68. The molecule has 0 aliphatic carbocycles. The predicted octanol–water partition coefficient (Wildman–Crippen LogP) is 12.8. The summed E-state index contributed by atoms with van der Waals surface area (Å²) in [5.74, 6) is -0.0708. The lowest BCUT2D eigenvalue weighted by atomic mass is 10.0. The number of aliphatic hydroxyl groups excluding tert-OH is 2. The predicted molar refractivity (Wildman–Crippen MR) is 207 cm³/mol. The average Bonchev–Trinajstić information content (AvgIpc) is 3.08. The summed E-state index contributed by atoms with van der Waals surface area (Å²) >= 11 is 0. The minimum Gasteiger partial charge on any atom is -0.394 e. The van der Waals surface area contributed by atoms with E-state index in [1.807, 2.05) is 6.08 Å². The van der Waals surface area contributed by atoms with Crippen molar-refractivity contribution < 1.29 is 15.0 Å². The van der Waals surface area contributed by atoms with Crippen molar-refractivity contribution in [2.75, 3.05) is 6.61 Å². The van der Waals surface area contributed by atoms with E-state index in [2.05, 4.69) is 31.3 Å². The third kappa shape index (κ3) is 36.0. The van der Waals surface area contributed by atoms with Crippen LogP contribution in [0.3, 0.4) is 0 Å². The summed E-state index contributed by atoms with van der Waals surface area (Å²) in [5.41, 5.74) is 0. The molecule has 0 saturated heterocycles. The molecule has 0 rings (SSSR count). The van der Waals surface area contributed by atoms with E-state index >= 15 is 0 Å². The SMILES string of the molecule is CCCC/C=C/C(O)C(CO)NC(=O)CCCCCCCCCCCCCCCCCCCCC/C=C\CCCCCCCCCC. The van der Waals surface area contributed by atoms with Crippen molar-refractivity contribution in [2.45, 2.75) is 238 Å². The molecule has 0 spiro atoms. The van der Waals surface area contributed by atoms with Crippen molar-refractivity contribution in [1.82, 2.24) is 5.32 Å². The van der Waals surface area contributed by atoms with Gasteiger partial charge in [0.25, 0.3) is 0 Å². The summed E-state index contributed by atoms with van der Waals surface area (Å²) in [4.78, 5) is 12.2. The van der Waals surface area contributed by atoms with Gasteiger partial charge in [-0.25, -0.2) is 0 Å². The molecule has 0 aliphatic heterocycles. The summed E-state index contributed by atoms with van der Waals surface area (Å²) < 4.78 is 0. The zero-order valence-electron chi connectivity index (χ0n) is 31.8. The highest BCUT2D eigenvalue weighted by Crippen LogP contribution is 2.16. The van der Waals surface area contributed by atoms with Crippen LogP contribution in [0.2, 0.25) is 0 Å². The number of carbonyl (C=O) groups excluding carboxylic acids is 1. The van der Waals surface area contributed by atoms with Crippen molar-refractivity contribution in [3.63, 3.8) is 0 Å². The largest absolute Gasteiger partial charge is 0.394 e. The van der Waals surface area contributed by atoms with Crippen molar-refractivity contribution in [2.24, 2.45) is 0 Å². The van der Waals surface area contributed by atoms with Crippen LogP contribution >= 0.6 is 0 Å². The van der Waals surface area contributed by atoms with Gasteiger partial charge in [0.15, 0.2) is 0 Å². The first-order valence-corrected chi connectivity index (χ1v) is 21.1. The lowest BCUT2D eigenvalue weighted by Gasteiger charge is -2.19. The fraction of sp³-hybridized carbons (Fsp3) is 0.884. The zero-order valence-corrected chi connectivity index (χ0v) is 31.8. The maximum absolute atomic E-state index is 12.2. The molecule has 47 heavy (non-hydrogen) atoms. The highest BCUT2D eigenvalue weighted by molar-refractivity contribution is 5.76. The molecule has 4 nitrogen and oxygen atoms in total. The number of unbranched alkanes of at least 4 members (excludes halogenated alkanes) is 29. The number of hydrogen-bond acceptors (Lipinski definition) is 3. The van der Waals surface area contributed by atoms with Crippen LogP contribution in [0.5, 0.6) is 0 Å². The highest BCUT2D eigenvalue weighted by Gasteiger charge is 2.17. The maximum atomic E-state index is 12.2. The topological polar surface area (TPSA) is 69.6 Å². The molecule has 0 fully saturated rings. The summed E-state index contributed by atoms with van der Waals surface area (Å²) in [6.07, 6.45) is 50.6. The lowest BCUT2D eigenvalue weighted by Crippen LogP contribution is -2.45. The van der Waals surface area contributed by atoms with Crippen LogP contribution in [-0.2, 0) is 4.79 Å². The van der Waals surface area contributed by atoms with E-state index in [0.717, 1.165) is 32.1 Å². The van der Waals surface area contributed by atoms with Crippen molar-refractivity contribution >= 4 is 5.91 Å². The molecule has 0 saturated carbocycles. The Balaban J connectivity index is 3.31. The monoisotopic (exact) mass is 662 g/mol. The molecule has 2 unspecified atom stereocenters. The Morgan fingerprint density at radius 1 is 0.489 bits per heavy atom. The number of allylic oxidation sites excluding steroid dienone is 3. The van der Waals surface area contributed by atoms with Gasteiger partial charge in [-0.2, -0.15) is 0 Å². The van der Waals surface area contributed by atoms with E-state index in [9.17, 15) is 15.0 Å². The smallest absolute Gasteiger partial charge is 0.220 e. The summed E-state index contributed by atoms with van der Waals surface area (Å²) in [6.45, 7) is 4.18. The Hall–Kier alpha value is -1.13. The summed E-state index contributed by atoms with van der Waals surface area (Å²) in [7, 11) is 0. The molecule has 278 valence electrons. The number of aliphatic hydroxyl groups is 2. The van der Waals surface area contributed by atoms with Crippen LogP contribution < -0.4 is 5.32 Å². The van der Waals surface area contributed by atoms with Gasteiger partial charge in [0.1, 0.15) is 0 Å². The number of carbonyl (C=O) groups is 1. The van der Waals surface area contributed by atoms with Crippen LogP contribution in [0, 0.1) is 0 Å². The van der Waals surface area contributed by atoms with E-state index in [-0.39, 0.29) is 12.5 Å². The van der Waals surface area contributed by atoms with Crippen LogP contribution in [0.4, 0.5) is 0 Å². The Morgan fingerprint density at radius 3 is 1.21 bits per heavy atom. The first-order valence-electron chi connectivity index (χ1n) is 21.1. The first kappa shape index (κ1) is 45.9. The fourth-order valence-corrected chi connectivity index (χ4v) is 6.39. The van der Waals surface area contributed by atoms with Gasteiger partial charge in [-0.15, -0.1) is 0 Å². The number of nitrogens with one attached hydrogen (secondary N) is 1. The fourth-order valence-electron chi connectivity index (χ4n) is 6.39. The molecule has 0 aromatic carbocycles. The van der Waals surface area contributed by atoms with Gasteiger partial charge in [0.2, 0.25) is 5.91 Å². The molecule has 1 amide bonds. The number of rotatable bonds is 38. The molecule has 2 atom stereocenters. The van der Waals surface area contributed by atoms with Gasteiger partial charge < -0.3 is 15.5 Å². The Kier molecular flexibility index (Phi) is 38.4. The van der Waals surface area contributed by atoms with E-state index in [4.69, 9.17) is 0 Å². The van der Waals surface area contributed by atoms with Gasteiger partial charge in [-0.05, 0) is 38.5 Å². The molecule has 0 aromatic heterocycles. The van der Waals surface area contributed by atoms with Crippen LogP contribution in [0.1, 0.15) is 226 Å². The highest BCUT2D eigenvalue weighted by atomic mass is 16.3. The molecular formula is C43H83NO3. The standard InChI is InChI=1S/C43H83NO3/c1-3-5-7-9-10-11-12-13-14-15-16-17-18-19-20-21-22-23-24-25-26-27-28-29-30-31-32-33-34-35-37-39-43(47)44-41(40-45)42(46)38-36-8-6-4-2/h15-16,36,38,41-42,45-46H,3-14,17-35,37,39-40H2,1-2H3,(H,44,47)/b16-15-,38-36+. The second-order valence-electron chi connectivity index (χ2n) is 14.4. The van der Waals surface area contributed by atoms with Crippen LogP contribution in [0.15, 0.2) is 24.3 Å². The minimum atomic E-state index is -0.831. The van der Waals surface area contributed by atoms with E-state index in [1.54, 1.807) is 6.08 Å². The summed E-state index contributed by atoms with van der Waals surface area (Å²) in [6, 6.07) is -0.614. The molecule has 0 radical (unpaired) electrons. The molecule has 4 heteroatoms. The Labute approximate surface area is 294 Å². The van der Waals surface area contributed by atoms with Crippen molar-refractivity contribution in [3.8, 4) is 0 Å². The number of hydrogen-bond donors (Lipinski definition) is 3. The molecule has 0 aliphatic rings. The molecule has 0 aromatic rings. The second-order valence-corrected chi connectivity index (χ2v) is 14.4. The van der Waals surface area contributed by atoms with E-state index in [0.29, 0.717) is 6.42 Å². The van der Waals surface area contributed by atoms with Gasteiger partial charge in [-0.3, -0.25) is 4.79 Å². The van der Waals surface area contributed by atoms with Crippen LogP contribution in [0.25, 0.3) is 0 Å². The lowest BCUT2D eigenvalue weighted by molar-refractivity contribution is -0.123. The van der Waals surface area contributed by atoms with Crippen molar-refractivity contribution in [3.05, 3.63) is 24.3 Å². The third-order valence-electron chi connectivity index (χ3n) is 9.68. The second kappa shape index (κ2) is 39.3. The average molecular weight is 662 g/mol. The van der Waals surface area contributed by atoms with Crippen molar-refractivity contribution in [1.29, 1.82) is 0 Å². The quantitative estimate of drug-likeness (QED) is 0.0455. The summed E-state index contributed by atoms with van der Waals surface area (Å²) in [5, 5.41) is 22.5. The molecular weight excluding hydrogens is 578 g/mol. The number of amides is 1. The Morgan fingerprint density at radius 2 is 0.830 bits per heavy atom. The van der Waals surface area contributed by atoms with E-state index < -0.39 is 12.1 Å². The Bertz CT molecular complexity index is 676. The first-order chi connectivity index (χ1) is 23.2. The van der Waals surface area contributed by atoms with Crippen LogP contribution in [-0.4, -0.2) is 34.9 Å². The van der Waals surface area contributed by atoms with E-state index in [1.165, 1.54) is 173 Å². The molecule has 0 bridgehead atoms. The minimum absolute atomic E-state index is 0.0708. The maximum Gasteiger partial charge on any atom is 0.220 e. The van der Waals surface area contributed by atoms with Gasteiger partial charge in [0.05, 0.1) is 18.8 Å². The van der Waals surface area contributed by atoms with Gasteiger partial charge >= 0.3 is 0 Å².